The zero-order valence-electron chi connectivity index (χ0n) is 16.4. The van der Waals surface area contributed by atoms with E-state index >= 15 is 0 Å². The van der Waals surface area contributed by atoms with E-state index in [1.54, 1.807) is 25.5 Å². The first-order valence-corrected chi connectivity index (χ1v) is 10.2. The van der Waals surface area contributed by atoms with E-state index in [9.17, 15) is 4.79 Å². The summed E-state index contributed by atoms with van der Waals surface area (Å²) in [6.45, 7) is 4.35. The number of hydrogen-bond acceptors (Lipinski definition) is 5. The Labute approximate surface area is 170 Å². The molecule has 7 nitrogen and oxygen atoms in total. The van der Waals surface area contributed by atoms with Gasteiger partial charge in [-0.1, -0.05) is 12.1 Å². The van der Waals surface area contributed by atoms with Crippen LogP contribution in [0.2, 0.25) is 0 Å². The van der Waals surface area contributed by atoms with Gasteiger partial charge >= 0.3 is 0 Å². The van der Waals surface area contributed by atoms with Crippen LogP contribution in [0.4, 0.5) is 5.00 Å². The monoisotopic (exact) mass is 401 g/mol. The number of nitrogens with zero attached hydrogens (tertiary/aromatic N) is 3. The molecule has 1 aliphatic rings. The number of guanidine groups is 1. The minimum absolute atomic E-state index is 0.0609. The zero-order valence-corrected chi connectivity index (χ0v) is 17.2. The molecule has 2 aromatic rings. The van der Waals surface area contributed by atoms with Crippen molar-refractivity contribution in [3.63, 3.8) is 0 Å². The number of carbonyl (C=O) groups excluding carboxylic acids is 1. The topological polar surface area (TPSA) is 69.2 Å². The summed E-state index contributed by atoms with van der Waals surface area (Å²) >= 11 is 1.77. The highest BCUT2D eigenvalue weighted by molar-refractivity contribution is 7.14. The van der Waals surface area contributed by atoms with Crippen LogP contribution in [-0.2, 0) is 11.3 Å². The van der Waals surface area contributed by atoms with Gasteiger partial charge in [0, 0.05) is 39.8 Å². The Hall–Kier alpha value is -2.74. The molecule has 0 aliphatic carbocycles. The molecule has 0 unspecified atom stereocenters. The Morgan fingerprint density at radius 3 is 2.50 bits per heavy atom. The van der Waals surface area contributed by atoms with Crippen molar-refractivity contribution in [2.75, 3.05) is 51.8 Å². The largest absolute Gasteiger partial charge is 0.497 e. The zero-order chi connectivity index (χ0) is 19.8. The number of thiophene rings is 1. The quantitative estimate of drug-likeness (QED) is 0.570. The van der Waals surface area contributed by atoms with Crippen molar-refractivity contribution in [2.24, 2.45) is 4.99 Å². The van der Waals surface area contributed by atoms with Crippen LogP contribution in [0, 0.1) is 0 Å². The number of nitrogens with one attached hydrogen (secondary N) is 2. The molecular formula is C20H27N5O2S. The predicted octanol–water partition coefficient (Wildman–Crippen LogP) is 1.77. The summed E-state index contributed by atoms with van der Waals surface area (Å²) < 4.78 is 5.14. The third-order valence-electron chi connectivity index (χ3n) is 4.66. The number of hydrogen-bond donors (Lipinski definition) is 2. The molecule has 0 bridgehead atoms. The van der Waals surface area contributed by atoms with E-state index in [0.29, 0.717) is 6.54 Å². The molecule has 1 aromatic carbocycles. The maximum Gasteiger partial charge on any atom is 0.239 e. The van der Waals surface area contributed by atoms with Gasteiger partial charge in [0.05, 0.1) is 18.7 Å². The first-order chi connectivity index (χ1) is 13.7. The molecule has 2 N–H and O–H groups in total. The Morgan fingerprint density at radius 2 is 1.89 bits per heavy atom. The van der Waals surface area contributed by atoms with Gasteiger partial charge in [-0.3, -0.25) is 9.79 Å². The van der Waals surface area contributed by atoms with Crippen LogP contribution in [0.15, 0.2) is 46.8 Å². The average Bonchev–Trinajstić information content (AvgIpc) is 3.28. The molecule has 1 saturated heterocycles. The van der Waals surface area contributed by atoms with Crippen LogP contribution in [-0.4, -0.2) is 63.6 Å². The van der Waals surface area contributed by atoms with E-state index in [1.807, 2.05) is 24.3 Å². The molecule has 150 valence electrons. The highest BCUT2D eigenvalue weighted by atomic mass is 32.1. The lowest BCUT2D eigenvalue weighted by Crippen LogP contribution is -2.53. The Bertz CT molecular complexity index is 768. The van der Waals surface area contributed by atoms with Gasteiger partial charge < -0.3 is 25.2 Å². The molecule has 0 radical (unpaired) electrons. The molecule has 3 rings (SSSR count). The smallest absolute Gasteiger partial charge is 0.239 e. The fraction of sp³-hybridized carbons (Fsp3) is 0.400. The number of benzene rings is 1. The van der Waals surface area contributed by atoms with Crippen LogP contribution < -0.4 is 20.3 Å². The van der Waals surface area contributed by atoms with Crippen molar-refractivity contribution in [1.82, 2.24) is 15.5 Å². The second kappa shape index (κ2) is 9.98. The third-order valence-corrected chi connectivity index (χ3v) is 5.59. The molecule has 0 saturated carbocycles. The second-order valence-electron chi connectivity index (χ2n) is 6.45. The Morgan fingerprint density at radius 1 is 1.14 bits per heavy atom. The number of ether oxygens (including phenoxy) is 1. The van der Waals surface area contributed by atoms with E-state index in [2.05, 4.69) is 42.9 Å². The predicted molar refractivity (Wildman–Crippen MR) is 114 cm³/mol. The number of anilines is 1. The van der Waals surface area contributed by atoms with Gasteiger partial charge in [0.2, 0.25) is 5.91 Å². The normalized spacial score (nSPS) is 14.7. The number of amides is 1. The van der Waals surface area contributed by atoms with Gasteiger partial charge in [-0.2, -0.15) is 0 Å². The van der Waals surface area contributed by atoms with Crippen molar-refractivity contribution in [1.29, 1.82) is 0 Å². The molecule has 1 aromatic heterocycles. The molecule has 8 heteroatoms. The van der Waals surface area contributed by atoms with E-state index in [1.165, 1.54) is 5.00 Å². The molecule has 1 amide bonds. The van der Waals surface area contributed by atoms with E-state index in [0.717, 1.165) is 43.5 Å². The number of carbonyl (C=O) groups is 1. The minimum atomic E-state index is -0.0609. The molecule has 2 heterocycles. The second-order valence-corrected chi connectivity index (χ2v) is 7.38. The van der Waals surface area contributed by atoms with E-state index in [-0.39, 0.29) is 12.5 Å². The molecule has 0 atom stereocenters. The van der Waals surface area contributed by atoms with Gasteiger partial charge in [0.15, 0.2) is 5.96 Å². The van der Waals surface area contributed by atoms with Crippen molar-refractivity contribution >= 4 is 28.2 Å². The lowest BCUT2D eigenvalue weighted by molar-refractivity contribution is -0.120. The van der Waals surface area contributed by atoms with Crippen LogP contribution >= 0.6 is 11.3 Å². The van der Waals surface area contributed by atoms with E-state index in [4.69, 9.17) is 4.74 Å². The van der Waals surface area contributed by atoms with E-state index < -0.39 is 0 Å². The summed E-state index contributed by atoms with van der Waals surface area (Å²) in [5.41, 5.74) is 1.03. The summed E-state index contributed by atoms with van der Waals surface area (Å²) in [6, 6.07) is 11.9. The number of methoxy groups -OCH3 is 1. The van der Waals surface area contributed by atoms with Crippen molar-refractivity contribution < 1.29 is 9.53 Å². The molecule has 1 fully saturated rings. The molecule has 0 spiro atoms. The Kier molecular flexibility index (Phi) is 7.13. The summed E-state index contributed by atoms with van der Waals surface area (Å²) in [7, 11) is 3.39. The fourth-order valence-electron chi connectivity index (χ4n) is 3.09. The first kappa shape index (κ1) is 20.0. The van der Waals surface area contributed by atoms with Gasteiger partial charge in [0.25, 0.3) is 0 Å². The van der Waals surface area contributed by atoms with Crippen LogP contribution in [0.5, 0.6) is 5.75 Å². The van der Waals surface area contributed by atoms with Gasteiger partial charge in [-0.25, -0.2) is 0 Å². The number of rotatable bonds is 6. The van der Waals surface area contributed by atoms with Gasteiger partial charge in [-0.15, -0.1) is 11.3 Å². The summed E-state index contributed by atoms with van der Waals surface area (Å²) in [5.74, 6) is 1.51. The standard InChI is InChI=1S/C20H27N5O2S/c1-21-20(25-11-9-24(10-12-25)19-4-3-13-28-19)23-15-18(26)22-14-16-5-7-17(27-2)8-6-16/h3-8,13H,9-12,14-15H2,1-2H3,(H,21,23)(H,22,26). The van der Waals surface area contributed by atoms with Crippen LogP contribution in [0.1, 0.15) is 5.56 Å². The molecule has 1 aliphatic heterocycles. The molecule has 28 heavy (non-hydrogen) atoms. The average molecular weight is 402 g/mol. The highest BCUT2D eigenvalue weighted by Gasteiger charge is 2.20. The van der Waals surface area contributed by atoms with Gasteiger partial charge in [0.1, 0.15) is 5.75 Å². The van der Waals surface area contributed by atoms with Crippen LogP contribution in [0.3, 0.4) is 0 Å². The van der Waals surface area contributed by atoms with Crippen molar-refractivity contribution in [3.8, 4) is 5.75 Å². The van der Waals surface area contributed by atoms with Crippen LogP contribution in [0.25, 0.3) is 0 Å². The van der Waals surface area contributed by atoms with Crippen molar-refractivity contribution in [3.05, 3.63) is 47.3 Å². The third kappa shape index (κ3) is 5.39. The lowest BCUT2D eigenvalue weighted by Gasteiger charge is -2.36. The first-order valence-electron chi connectivity index (χ1n) is 9.33. The maximum absolute atomic E-state index is 12.2. The maximum atomic E-state index is 12.2. The minimum Gasteiger partial charge on any atom is -0.497 e. The summed E-state index contributed by atoms with van der Waals surface area (Å²) in [5, 5.41) is 9.50. The fourth-order valence-corrected chi connectivity index (χ4v) is 3.87. The highest BCUT2D eigenvalue weighted by Crippen LogP contribution is 2.22. The lowest BCUT2D eigenvalue weighted by atomic mass is 10.2. The van der Waals surface area contributed by atoms with Gasteiger partial charge in [-0.05, 0) is 35.2 Å². The van der Waals surface area contributed by atoms with Crippen molar-refractivity contribution in [2.45, 2.75) is 6.54 Å². The number of aliphatic imine (C=N–C) groups is 1. The Balaban J connectivity index is 1.40. The summed E-state index contributed by atoms with van der Waals surface area (Å²) in [4.78, 5) is 21.1. The summed E-state index contributed by atoms with van der Waals surface area (Å²) in [6.07, 6.45) is 0. The SMILES string of the molecule is CN=C(NCC(=O)NCc1ccc(OC)cc1)N1CCN(c2cccs2)CC1. The number of piperazine rings is 1. The molecular weight excluding hydrogens is 374 g/mol.